The van der Waals surface area contributed by atoms with E-state index in [0.29, 0.717) is 25.5 Å². The number of aromatic nitrogens is 2. The second-order valence-corrected chi connectivity index (χ2v) is 4.93. The van der Waals surface area contributed by atoms with Crippen LogP contribution in [0, 0.1) is 0 Å². The highest BCUT2D eigenvalue weighted by molar-refractivity contribution is 5.71. The van der Waals surface area contributed by atoms with Crippen molar-refractivity contribution in [1.29, 1.82) is 0 Å². The topological polar surface area (TPSA) is 70.6 Å². The Bertz CT molecular complexity index is 679. The summed E-state index contributed by atoms with van der Waals surface area (Å²) in [5, 5.41) is 0. The summed E-state index contributed by atoms with van der Waals surface area (Å²) in [5.74, 6) is 0.207. The molecule has 0 atom stereocenters. The lowest BCUT2D eigenvalue weighted by Gasteiger charge is -2.06. The van der Waals surface area contributed by atoms with Crippen molar-refractivity contribution < 1.29 is 28.4 Å². The van der Waals surface area contributed by atoms with Crippen molar-refractivity contribution in [1.82, 2.24) is 4.57 Å². The first kappa shape index (κ1) is 17.5. The summed E-state index contributed by atoms with van der Waals surface area (Å²) in [5.41, 5.74) is 1.03. The Hall–Kier alpha value is -2.83. The highest BCUT2D eigenvalue weighted by atomic mass is 16.6. The molecule has 7 nitrogen and oxygen atoms in total. The summed E-state index contributed by atoms with van der Waals surface area (Å²) in [6, 6.07) is 7.37. The average Bonchev–Trinajstić information content (AvgIpc) is 3.03. The summed E-state index contributed by atoms with van der Waals surface area (Å²) in [6.45, 7) is 4.68. The molecule has 0 unspecified atom stereocenters. The zero-order valence-corrected chi connectivity index (χ0v) is 13.8. The lowest BCUT2D eigenvalue weighted by Crippen LogP contribution is -2.32. The van der Waals surface area contributed by atoms with Gasteiger partial charge in [-0.25, -0.2) is 9.36 Å². The summed E-state index contributed by atoms with van der Waals surface area (Å²) in [7, 11) is 0. The van der Waals surface area contributed by atoms with Crippen LogP contribution in [0.4, 0.5) is 4.79 Å². The number of imidazole rings is 1. The number of hydrogen-bond donors (Lipinski definition) is 0. The number of nitrogens with zero attached hydrogens (tertiary/aromatic N) is 2. The predicted octanol–water partition coefficient (Wildman–Crippen LogP) is 1.77. The predicted molar refractivity (Wildman–Crippen MR) is 84.7 cm³/mol. The summed E-state index contributed by atoms with van der Waals surface area (Å²) >= 11 is 0. The van der Waals surface area contributed by atoms with E-state index in [1.54, 1.807) is 44.7 Å². The third-order valence-electron chi connectivity index (χ3n) is 3.12. The zero-order valence-electron chi connectivity index (χ0n) is 13.8. The third kappa shape index (κ3) is 5.12. The second kappa shape index (κ2) is 8.71. The average molecular weight is 333 g/mol. The van der Waals surface area contributed by atoms with Gasteiger partial charge in [0.2, 0.25) is 0 Å². The van der Waals surface area contributed by atoms with Crippen molar-refractivity contribution in [3.05, 3.63) is 48.5 Å². The van der Waals surface area contributed by atoms with Gasteiger partial charge in [0.05, 0.1) is 13.2 Å². The van der Waals surface area contributed by atoms with Gasteiger partial charge in [-0.15, -0.1) is 4.57 Å². The lowest BCUT2D eigenvalue weighted by atomic mass is 10.2. The van der Waals surface area contributed by atoms with Crippen LogP contribution in [0.2, 0.25) is 0 Å². The molecular formula is C17H21N2O5+. The standard InChI is InChI=1S/C17H21N2O5/c1-3-22-16(20)12-24-15-7-5-14(6-8-15)11-18-9-10-19(13-18)17(21)23-4-2/h5-10,13H,3-4,11-12H2,1-2H3/q+1. The molecule has 24 heavy (non-hydrogen) atoms. The van der Waals surface area contributed by atoms with E-state index in [0.717, 1.165) is 5.56 Å². The molecule has 1 heterocycles. The van der Waals surface area contributed by atoms with Crippen LogP contribution in [-0.2, 0) is 20.8 Å². The Kier molecular flexibility index (Phi) is 6.36. The number of esters is 1. The van der Waals surface area contributed by atoms with Crippen LogP contribution in [0.15, 0.2) is 43.0 Å². The minimum absolute atomic E-state index is 0.107. The third-order valence-corrected chi connectivity index (χ3v) is 3.12. The Morgan fingerprint density at radius 1 is 1.08 bits per heavy atom. The quantitative estimate of drug-likeness (QED) is 0.570. The van der Waals surface area contributed by atoms with E-state index in [4.69, 9.17) is 14.2 Å². The Morgan fingerprint density at radius 3 is 2.46 bits per heavy atom. The van der Waals surface area contributed by atoms with Gasteiger partial charge >= 0.3 is 12.1 Å². The molecule has 0 fully saturated rings. The second-order valence-electron chi connectivity index (χ2n) is 4.93. The van der Waals surface area contributed by atoms with Crippen LogP contribution in [0.1, 0.15) is 19.4 Å². The fraction of sp³-hybridized carbons (Fsp3) is 0.353. The molecular weight excluding hydrogens is 312 g/mol. The van der Waals surface area contributed by atoms with Crippen LogP contribution < -0.4 is 9.30 Å². The van der Waals surface area contributed by atoms with Crippen LogP contribution in [0.25, 0.3) is 0 Å². The normalized spacial score (nSPS) is 10.2. The summed E-state index contributed by atoms with van der Waals surface area (Å²) in [6.07, 6.45) is 4.71. The van der Waals surface area contributed by atoms with Crippen LogP contribution in [0.5, 0.6) is 5.75 Å². The van der Waals surface area contributed by atoms with Gasteiger partial charge < -0.3 is 14.2 Å². The molecule has 0 aliphatic carbocycles. The van der Waals surface area contributed by atoms with Crippen molar-refractivity contribution in [2.75, 3.05) is 19.8 Å². The Morgan fingerprint density at radius 2 is 1.79 bits per heavy atom. The monoisotopic (exact) mass is 333 g/mol. The molecule has 0 amide bonds. The van der Waals surface area contributed by atoms with Gasteiger partial charge in [-0.1, -0.05) is 12.1 Å². The van der Waals surface area contributed by atoms with Crippen molar-refractivity contribution in [2.45, 2.75) is 20.4 Å². The molecule has 2 rings (SSSR count). The number of rotatable bonds is 7. The molecule has 0 spiro atoms. The SMILES string of the molecule is CCOC(=O)COc1ccc(C[n+]2ccn(C(=O)OCC)c2)cc1. The molecule has 0 N–H and O–H groups in total. The smallest absolute Gasteiger partial charge is 0.482 e. The number of ether oxygens (including phenoxy) is 3. The van der Waals surface area contributed by atoms with Gasteiger partial charge in [0, 0.05) is 0 Å². The molecule has 1 aromatic heterocycles. The largest absolute Gasteiger partial charge is 0.511 e. The minimum Gasteiger partial charge on any atom is -0.482 e. The van der Waals surface area contributed by atoms with Crippen molar-refractivity contribution in [2.24, 2.45) is 0 Å². The number of benzene rings is 1. The first-order valence-corrected chi connectivity index (χ1v) is 7.74. The molecule has 128 valence electrons. The highest BCUT2D eigenvalue weighted by Crippen LogP contribution is 2.12. The van der Waals surface area contributed by atoms with Crippen LogP contribution in [0.3, 0.4) is 0 Å². The van der Waals surface area contributed by atoms with Crippen molar-refractivity contribution in [3.8, 4) is 5.75 Å². The summed E-state index contributed by atoms with van der Waals surface area (Å²) in [4.78, 5) is 22.8. The van der Waals surface area contributed by atoms with Crippen LogP contribution >= 0.6 is 0 Å². The molecule has 7 heteroatoms. The zero-order chi connectivity index (χ0) is 17.4. The molecule has 1 aromatic carbocycles. The first-order valence-electron chi connectivity index (χ1n) is 7.74. The van der Waals surface area contributed by atoms with Crippen LogP contribution in [-0.4, -0.2) is 36.5 Å². The maximum Gasteiger partial charge on any atom is 0.511 e. The van der Waals surface area contributed by atoms with Gasteiger partial charge in [0.15, 0.2) is 6.61 Å². The van der Waals surface area contributed by atoms with E-state index in [-0.39, 0.29) is 6.61 Å². The number of hydrogen-bond acceptors (Lipinski definition) is 5. The van der Waals surface area contributed by atoms with Gasteiger partial charge in [0.25, 0.3) is 6.33 Å². The Balaban J connectivity index is 1.89. The van der Waals surface area contributed by atoms with E-state index in [1.807, 2.05) is 16.7 Å². The summed E-state index contributed by atoms with van der Waals surface area (Å²) < 4.78 is 18.3. The van der Waals surface area contributed by atoms with E-state index in [2.05, 4.69) is 0 Å². The van der Waals surface area contributed by atoms with Gasteiger partial charge in [0.1, 0.15) is 24.7 Å². The van der Waals surface area contributed by atoms with Gasteiger partial charge in [-0.05, 0) is 31.5 Å². The fourth-order valence-electron chi connectivity index (χ4n) is 2.04. The van der Waals surface area contributed by atoms with Gasteiger partial charge in [-0.3, -0.25) is 0 Å². The maximum atomic E-state index is 11.6. The fourth-order valence-corrected chi connectivity index (χ4v) is 2.04. The minimum atomic E-state index is -0.404. The van der Waals surface area contributed by atoms with Gasteiger partial charge in [-0.2, -0.15) is 4.79 Å². The van der Waals surface area contributed by atoms with Crippen molar-refractivity contribution >= 4 is 12.1 Å². The van der Waals surface area contributed by atoms with E-state index in [1.165, 1.54) is 4.57 Å². The molecule has 0 bridgehead atoms. The van der Waals surface area contributed by atoms with Crippen molar-refractivity contribution in [3.63, 3.8) is 0 Å². The molecule has 0 saturated heterocycles. The van der Waals surface area contributed by atoms with E-state index < -0.39 is 12.1 Å². The highest BCUT2D eigenvalue weighted by Gasteiger charge is 2.13. The van der Waals surface area contributed by atoms with E-state index in [9.17, 15) is 9.59 Å². The number of carbonyl (C=O) groups excluding carboxylic acids is 2. The molecule has 0 radical (unpaired) electrons. The maximum absolute atomic E-state index is 11.6. The number of carbonyl (C=O) groups is 2. The molecule has 0 aliphatic heterocycles. The lowest BCUT2D eigenvalue weighted by molar-refractivity contribution is -0.687. The first-order chi connectivity index (χ1) is 11.6. The Labute approximate surface area is 140 Å². The molecule has 2 aromatic rings. The molecule has 0 saturated carbocycles. The molecule has 0 aliphatic rings. The van der Waals surface area contributed by atoms with E-state index >= 15 is 0 Å².